The highest BCUT2D eigenvalue weighted by Gasteiger charge is 2.39. The predicted octanol–water partition coefficient (Wildman–Crippen LogP) is 5.33. The summed E-state index contributed by atoms with van der Waals surface area (Å²) in [5, 5.41) is 12.6. The van der Waals surface area contributed by atoms with Gasteiger partial charge in [0.25, 0.3) is 14.0 Å². The van der Waals surface area contributed by atoms with E-state index in [9.17, 15) is 5.21 Å². The minimum atomic E-state index is -1.99. The lowest BCUT2D eigenvalue weighted by atomic mass is 10.2. The van der Waals surface area contributed by atoms with Crippen molar-refractivity contribution in [1.82, 2.24) is 0 Å². The first-order valence-corrected chi connectivity index (χ1v) is 10.8. The first kappa shape index (κ1) is 17.3. The van der Waals surface area contributed by atoms with Gasteiger partial charge in [-0.2, -0.15) is 4.74 Å². The van der Waals surface area contributed by atoms with Gasteiger partial charge >= 0.3 is 0 Å². The second-order valence-corrected chi connectivity index (χ2v) is 11.9. The molecule has 0 atom stereocenters. The van der Waals surface area contributed by atoms with Gasteiger partial charge in [0.05, 0.1) is 0 Å². The van der Waals surface area contributed by atoms with Crippen LogP contribution in [0, 0.1) is 5.21 Å². The van der Waals surface area contributed by atoms with E-state index in [1.54, 1.807) is 12.3 Å². The Bertz CT molecular complexity index is 688. The second kappa shape index (κ2) is 6.58. The van der Waals surface area contributed by atoms with Crippen LogP contribution in [0.3, 0.4) is 0 Å². The molecule has 3 nitrogen and oxygen atoms in total. The van der Waals surface area contributed by atoms with Crippen LogP contribution in [0.1, 0.15) is 26.3 Å². The monoisotopic (exact) mass is 327 g/mol. The molecule has 4 heteroatoms. The molecule has 0 aromatic heterocycles. The van der Waals surface area contributed by atoms with Crippen molar-refractivity contribution in [3.63, 3.8) is 0 Å². The Morgan fingerprint density at radius 1 is 0.957 bits per heavy atom. The minimum Gasteiger partial charge on any atom is -0.618 e. The summed E-state index contributed by atoms with van der Waals surface area (Å²) in [6, 6.07) is 17.0. The van der Waals surface area contributed by atoms with E-state index in [4.69, 9.17) is 4.43 Å². The summed E-state index contributed by atoms with van der Waals surface area (Å²) < 4.78 is 7.22. The van der Waals surface area contributed by atoms with Crippen LogP contribution >= 0.6 is 0 Å². The summed E-state index contributed by atoms with van der Waals surface area (Å²) in [6.45, 7) is 10.9. The molecule has 0 aliphatic heterocycles. The molecule has 0 saturated carbocycles. The number of hydrogen-bond donors (Lipinski definition) is 0. The standard InChI is InChI=1S/C19H25NO2Si/c1-19(2,3)23(4,5)22-18-14-10-9-13-17(18)20(21)15-16-11-7-6-8-12-16/h6-15H,1-5H3/b20-15-. The summed E-state index contributed by atoms with van der Waals surface area (Å²) in [7, 11) is -1.99. The van der Waals surface area contributed by atoms with Gasteiger partial charge in [-0.25, -0.2) is 0 Å². The number of benzene rings is 2. The van der Waals surface area contributed by atoms with Crippen molar-refractivity contribution in [2.45, 2.75) is 38.9 Å². The van der Waals surface area contributed by atoms with Gasteiger partial charge in [-0.05, 0) is 36.3 Å². The fraction of sp³-hybridized carbons (Fsp3) is 0.316. The highest BCUT2D eigenvalue weighted by Crippen LogP contribution is 2.39. The summed E-state index contributed by atoms with van der Waals surface area (Å²) in [5.74, 6) is 0.654. The average molecular weight is 328 g/mol. The molecule has 0 fully saturated rings. The van der Waals surface area contributed by atoms with Crippen LogP contribution in [0.2, 0.25) is 18.1 Å². The summed E-state index contributed by atoms with van der Waals surface area (Å²) in [6.07, 6.45) is 1.58. The van der Waals surface area contributed by atoms with E-state index < -0.39 is 8.32 Å². The summed E-state index contributed by atoms with van der Waals surface area (Å²) in [5.41, 5.74) is 1.41. The lowest BCUT2D eigenvalue weighted by Gasteiger charge is -2.36. The quantitative estimate of drug-likeness (QED) is 0.250. The maximum Gasteiger partial charge on any atom is 0.257 e. The van der Waals surface area contributed by atoms with E-state index in [1.165, 1.54) is 0 Å². The van der Waals surface area contributed by atoms with Crippen LogP contribution in [0.15, 0.2) is 54.6 Å². The Morgan fingerprint density at radius 2 is 1.52 bits per heavy atom. The highest BCUT2D eigenvalue weighted by molar-refractivity contribution is 6.74. The van der Waals surface area contributed by atoms with Crippen molar-refractivity contribution in [2.24, 2.45) is 0 Å². The second-order valence-electron chi connectivity index (χ2n) is 7.20. The van der Waals surface area contributed by atoms with E-state index in [0.717, 1.165) is 10.3 Å². The van der Waals surface area contributed by atoms with Crippen LogP contribution in [0.4, 0.5) is 5.69 Å². The fourth-order valence-corrected chi connectivity index (χ4v) is 2.93. The van der Waals surface area contributed by atoms with Gasteiger partial charge in [-0.15, -0.1) is 0 Å². The maximum absolute atomic E-state index is 12.6. The molecule has 0 radical (unpaired) electrons. The van der Waals surface area contributed by atoms with Crippen LogP contribution in [0.5, 0.6) is 5.75 Å². The van der Waals surface area contributed by atoms with Crippen LogP contribution in [0.25, 0.3) is 0 Å². The van der Waals surface area contributed by atoms with E-state index in [-0.39, 0.29) is 5.04 Å². The predicted molar refractivity (Wildman–Crippen MR) is 99.2 cm³/mol. The molecule has 0 amide bonds. The molecular formula is C19H25NO2Si. The van der Waals surface area contributed by atoms with E-state index in [1.807, 2.05) is 48.5 Å². The first-order chi connectivity index (χ1) is 10.7. The first-order valence-electron chi connectivity index (χ1n) is 7.85. The molecule has 0 heterocycles. The fourth-order valence-electron chi connectivity index (χ4n) is 1.90. The molecular weight excluding hydrogens is 302 g/mol. The number of hydrogen-bond acceptors (Lipinski definition) is 2. The van der Waals surface area contributed by atoms with Crippen molar-refractivity contribution >= 4 is 20.2 Å². The molecule has 23 heavy (non-hydrogen) atoms. The van der Waals surface area contributed by atoms with Crippen molar-refractivity contribution in [2.75, 3.05) is 0 Å². The third-order valence-corrected chi connectivity index (χ3v) is 8.68. The zero-order valence-corrected chi connectivity index (χ0v) is 15.5. The smallest absolute Gasteiger partial charge is 0.257 e. The molecule has 2 rings (SSSR count). The van der Waals surface area contributed by atoms with Gasteiger partial charge in [0.1, 0.15) is 0 Å². The van der Waals surface area contributed by atoms with Crippen LogP contribution < -0.4 is 4.43 Å². The van der Waals surface area contributed by atoms with Gasteiger partial charge in [-0.1, -0.05) is 51.1 Å². The highest BCUT2D eigenvalue weighted by atomic mass is 28.4. The van der Waals surface area contributed by atoms with Crippen molar-refractivity contribution in [3.8, 4) is 5.75 Å². The number of para-hydroxylation sites is 2. The average Bonchev–Trinajstić information content (AvgIpc) is 2.47. The Labute approximate surface area is 140 Å². The molecule has 0 aliphatic carbocycles. The molecule has 0 aliphatic rings. The topological polar surface area (TPSA) is 35.3 Å². The molecule has 0 bridgehead atoms. The third kappa shape index (κ3) is 4.23. The molecule has 0 spiro atoms. The number of nitrogens with zero attached hydrogens (tertiary/aromatic N) is 1. The molecule has 0 unspecified atom stereocenters. The zero-order valence-electron chi connectivity index (χ0n) is 14.5. The van der Waals surface area contributed by atoms with Gasteiger partial charge in [-0.3, -0.25) is 0 Å². The lowest BCUT2D eigenvalue weighted by Crippen LogP contribution is -2.44. The Balaban J connectivity index is 2.37. The van der Waals surface area contributed by atoms with Crippen molar-refractivity contribution in [3.05, 3.63) is 65.4 Å². The van der Waals surface area contributed by atoms with E-state index >= 15 is 0 Å². The molecule has 122 valence electrons. The molecule has 0 N–H and O–H groups in total. The normalized spacial score (nSPS) is 13.0. The van der Waals surface area contributed by atoms with Crippen molar-refractivity contribution in [1.29, 1.82) is 0 Å². The van der Waals surface area contributed by atoms with Gasteiger partial charge in [0.2, 0.25) is 0 Å². The molecule has 2 aromatic carbocycles. The van der Waals surface area contributed by atoms with Gasteiger partial charge in [0, 0.05) is 11.6 Å². The van der Waals surface area contributed by atoms with Gasteiger partial charge < -0.3 is 9.63 Å². The van der Waals surface area contributed by atoms with Crippen LogP contribution in [-0.4, -0.2) is 19.3 Å². The third-order valence-electron chi connectivity index (χ3n) is 4.34. The van der Waals surface area contributed by atoms with Crippen molar-refractivity contribution < 1.29 is 9.16 Å². The Kier molecular flexibility index (Phi) is 4.95. The molecule has 2 aromatic rings. The summed E-state index contributed by atoms with van der Waals surface area (Å²) >= 11 is 0. The Hall–Kier alpha value is -2.07. The van der Waals surface area contributed by atoms with E-state index in [2.05, 4.69) is 33.9 Å². The zero-order chi connectivity index (χ0) is 17.1. The van der Waals surface area contributed by atoms with E-state index in [0.29, 0.717) is 11.4 Å². The van der Waals surface area contributed by atoms with Gasteiger partial charge in [0.15, 0.2) is 12.0 Å². The Morgan fingerprint density at radius 3 is 2.13 bits per heavy atom. The molecule has 0 saturated heterocycles. The SMILES string of the molecule is CC(C)(C)[Si](C)(C)Oc1ccccc1/[N+]([O-])=C/c1ccccc1. The maximum atomic E-state index is 12.6. The minimum absolute atomic E-state index is 0.0803. The largest absolute Gasteiger partial charge is 0.618 e. The van der Waals surface area contributed by atoms with Crippen LogP contribution in [-0.2, 0) is 0 Å². The number of rotatable bonds is 4. The lowest BCUT2D eigenvalue weighted by molar-refractivity contribution is -0.355. The summed E-state index contributed by atoms with van der Waals surface area (Å²) in [4.78, 5) is 0.